The first-order valence-electron chi connectivity index (χ1n) is 8.41. The van der Waals surface area contributed by atoms with Crippen LogP contribution in [0.15, 0.2) is 0 Å². The molecule has 4 aliphatic rings. The van der Waals surface area contributed by atoms with Gasteiger partial charge in [0.05, 0.1) is 18.1 Å². The lowest BCUT2D eigenvalue weighted by Crippen LogP contribution is -2.74. The van der Waals surface area contributed by atoms with Crippen molar-refractivity contribution in [1.82, 2.24) is 4.90 Å². The molecule has 3 saturated heterocycles. The van der Waals surface area contributed by atoms with Gasteiger partial charge in [0, 0.05) is 23.9 Å². The fourth-order valence-electron chi connectivity index (χ4n) is 5.96. The topological polar surface area (TPSA) is 70.0 Å². The van der Waals surface area contributed by atoms with Crippen molar-refractivity contribution in [1.29, 1.82) is 0 Å². The molecule has 3 heterocycles. The van der Waals surface area contributed by atoms with E-state index in [-0.39, 0.29) is 29.4 Å². The summed E-state index contributed by atoms with van der Waals surface area (Å²) in [7, 11) is 0. The molecule has 4 fully saturated rings. The van der Waals surface area contributed by atoms with Gasteiger partial charge in [0.15, 0.2) is 0 Å². The molecule has 118 valence electrons. The van der Waals surface area contributed by atoms with Crippen LogP contribution in [-0.4, -0.2) is 58.0 Å². The molecule has 1 saturated carbocycles. The Morgan fingerprint density at radius 1 is 1.43 bits per heavy atom. The Morgan fingerprint density at radius 3 is 3.00 bits per heavy atom. The number of fused-ring (bicyclic) bond motifs is 4. The second-order valence-corrected chi connectivity index (χ2v) is 7.34. The highest BCUT2D eigenvalue weighted by Gasteiger charge is 2.68. The first-order valence-corrected chi connectivity index (χ1v) is 8.41. The van der Waals surface area contributed by atoms with Gasteiger partial charge in [-0.3, -0.25) is 9.69 Å². The number of piperidine rings is 2. The van der Waals surface area contributed by atoms with E-state index in [2.05, 4.69) is 11.8 Å². The van der Waals surface area contributed by atoms with Gasteiger partial charge in [-0.15, -0.1) is 0 Å². The van der Waals surface area contributed by atoms with E-state index in [0.29, 0.717) is 12.5 Å². The van der Waals surface area contributed by atoms with Crippen LogP contribution in [0.25, 0.3) is 0 Å². The molecule has 2 N–H and O–H groups in total. The van der Waals surface area contributed by atoms with Gasteiger partial charge in [-0.2, -0.15) is 0 Å². The van der Waals surface area contributed by atoms with Crippen molar-refractivity contribution in [3.05, 3.63) is 0 Å². The normalized spacial score (nSPS) is 52.4. The average Bonchev–Trinajstić information content (AvgIpc) is 2.78. The summed E-state index contributed by atoms with van der Waals surface area (Å²) in [4.78, 5) is 14.6. The van der Waals surface area contributed by atoms with Gasteiger partial charge in [0.1, 0.15) is 6.10 Å². The minimum Gasteiger partial charge on any atom is -0.462 e. The number of aliphatic hydroxyl groups is 2. The second-order valence-electron chi connectivity index (χ2n) is 7.34. The Bertz CT molecular complexity index is 456. The summed E-state index contributed by atoms with van der Waals surface area (Å²) in [6.45, 7) is 3.66. The zero-order valence-electron chi connectivity index (χ0n) is 12.6. The first-order chi connectivity index (χ1) is 10.1. The lowest BCUT2D eigenvalue weighted by Gasteiger charge is -2.64. The number of rotatable bonds is 2. The molecular weight excluding hydrogens is 270 g/mol. The maximum absolute atomic E-state index is 12.3. The molecule has 5 heteroatoms. The van der Waals surface area contributed by atoms with Gasteiger partial charge < -0.3 is 14.9 Å². The quantitative estimate of drug-likeness (QED) is 0.728. The number of aliphatic hydroxyl groups excluding tert-OH is 2. The van der Waals surface area contributed by atoms with Crippen molar-refractivity contribution in [2.24, 2.45) is 17.8 Å². The van der Waals surface area contributed by atoms with Crippen molar-refractivity contribution >= 4 is 5.97 Å². The van der Waals surface area contributed by atoms with E-state index >= 15 is 0 Å². The lowest BCUT2D eigenvalue weighted by molar-refractivity contribution is -0.207. The molecule has 0 amide bonds. The second kappa shape index (κ2) is 4.67. The fraction of sp³-hybridized carbons (Fsp3) is 0.938. The van der Waals surface area contributed by atoms with Crippen LogP contribution in [0.3, 0.4) is 0 Å². The Morgan fingerprint density at radius 2 is 2.24 bits per heavy atom. The van der Waals surface area contributed by atoms with E-state index in [0.717, 1.165) is 38.6 Å². The predicted molar refractivity (Wildman–Crippen MR) is 75.4 cm³/mol. The first kappa shape index (κ1) is 14.0. The Labute approximate surface area is 125 Å². The van der Waals surface area contributed by atoms with Crippen LogP contribution in [0.2, 0.25) is 0 Å². The summed E-state index contributed by atoms with van der Waals surface area (Å²) in [5.41, 5.74) is -0.147. The van der Waals surface area contributed by atoms with E-state index < -0.39 is 12.2 Å². The van der Waals surface area contributed by atoms with Gasteiger partial charge in [0.2, 0.25) is 0 Å². The SMILES string of the molecule is CCC[C@]12[C@@H]3[C@H](O)[C@@H](O)CN1CCC[C@@H]2[C@H]1C[C@@H]3C(=O)O1. The van der Waals surface area contributed by atoms with Crippen molar-refractivity contribution in [2.45, 2.75) is 62.9 Å². The highest BCUT2D eigenvalue weighted by Crippen LogP contribution is 2.58. The monoisotopic (exact) mass is 295 g/mol. The van der Waals surface area contributed by atoms with Crippen LogP contribution in [0, 0.1) is 17.8 Å². The number of ether oxygens (including phenoxy) is 1. The minimum atomic E-state index is -0.801. The molecule has 0 aromatic heterocycles. The van der Waals surface area contributed by atoms with Crippen molar-refractivity contribution < 1.29 is 19.7 Å². The van der Waals surface area contributed by atoms with Crippen molar-refractivity contribution in [3.63, 3.8) is 0 Å². The Hall–Kier alpha value is -0.650. The van der Waals surface area contributed by atoms with Crippen LogP contribution in [0.5, 0.6) is 0 Å². The van der Waals surface area contributed by atoms with Gasteiger partial charge in [-0.25, -0.2) is 0 Å². The molecule has 0 aromatic carbocycles. The van der Waals surface area contributed by atoms with Crippen LogP contribution in [0.1, 0.15) is 39.0 Å². The van der Waals surface area contributed by atoms with Crippen LogP contribution in [0.4, 0.5) is 0 Å². The Kier molecular flexibility index (Phi) is 3.11. The molecule has 2 bridgehead atoms. The number of β-amino-alcohol motifs (C(OH)–C–C–N with tert-alkyl or cyclic N) is 1. The number of nitrogens with zero attached hydrogens (tertiary/aromatic N) is 1. The lowest BCUT2D eigenvalue weighted by atomic mass is 9.53. The molecule has 7 atom stereocenters. The molecule has 0 aromatic rings. The summed E-state index contributed by atoms with van der Waals surface area (Å²) >= 11 is 0. The largest absolute Gasteiger partial charge is 0.462 e. The van der Waals surface area contributed by atoms with Gasteiger partial charge in [-0.1, -0.05) is 13.3 Å². The molecule has 0 unspecified atom stereocenters. The van der Waals surface area contributed by atoms with E-state index in [4.69, 9.17) is 4.74 Å². The fourth-order valence-corrected chi connectivity index (χ4v) is 5.96. The molecule has 1 aliphatic carbocycles. The highest BCUT2D eigenvalue weighted by molar-refractivity contribution is 5.76. The van der Waals surface area contributed by atoms with Crippen molar-refractivity contribution in [3.8, 4) is 0 Å². The molecule has 0 radical (unpaired) electrons. The summed E-state index contributed by atoms with van der Waals surface area (Å²) in [6, 6.07) is 0. The average molecular weight is 295 g/mol. The predicted octanol–water partition coefficient (Wildman–Crippen LogP) is 0.534. The summed E-state index contributed by atoms with van der Waals surface area (Å²) in [6.07, 6.45) is 3.38. The number of carbonyl (C=O) groups excluding carboxylic acids is 1. The van der Waals surface area contributed by atoms with Gasteiger partial charge in [0.25, 0.3) is 0 Å². The van der Waals surface area contributed by atoms with Crippen molar-refractivity contribution in [2.75, 3.05) is 13.1 Å². The highest BCUT2D eigenvalue weighted by atomic mass is 16.6. The molecule has 5 nitrogen and oxygen atoms in total. The van der Waals surface area contributed by atoms with E-state index in [1.807, 2.05) is 0 Å². The molecule has 0 spiro atoms. The van der Waals surface area contributed by atoms with Crippen LogP contribution >= 0.6 is 0 Å². The maximum atomic E-state index is 12.3. The third-order valence-electron chi connectivity index (χ3n) is 6.51. The molecular formula is C16H25NO4. The number of carbonyl (C=O) groups is 1. The van der Waals surface area contributed by atoms with E-state index in [1.165, 1.54) is 0 Å². The summed E-state index contributed by atoms with van der Waals surface area (Å²) in [5.74, 6) is -0.231. The number of hydrogen-bond acceptors (Lipinski definition) is 5. The standard InChI is InChI=1S/C16H25NO4/c1-2-5-16-10-4-3-6-17(16)8-11(18)14(19)13(16)9-7-12(10)21-15(9)20/h9-14,18-19H,2-8H2,1H3/t9-,10+,11-,12+,13-,14+,16-/m0/s1. The summed E-state index contributed by atoms with van der Waals surface area (Å²) in [5, 5.41) is 21.0. The third-order valence-corrected chi connectivity index (χ3v) is 6.51. The third kappa shape index (κ3) is 1.65. The number of esters is 1. The van der Waals surface area contributed by atoms with E-state index in [9.17, 15) is 15.0 Å². The molecule has 3 aliphatic heterocycles. The molecule has 21 heavy (non-hydrogen) atoms. The van der Waals surface area contributed by atoms with Gasteiger partial charge in [-0.05, 0) is 32.2 Å². The Balaban J connectivity index is 1.85. The van der Waals surface area contributed by atoms with Crippen LogP contribution < -0.4 is 0 Å². The zero-order chi connectivity index (χ0) is 14.8. The van der Waals surface area contributed by atoms with E-state index in [1.54, 1.807) is 0 Å². The molecule has 4 rings (SSSR count). The maximum Gasteiger partial charge on any atom is 0.309 e. The summed E-state index contributed by atoms with van der Waals surface area (Å²) < 4.78 is 5.66. The van der Waals surface area contributed by atoms with Crippen LogP contribution in [-0.2, 0) is 9.53 Å². The smallest absolute Gasteiger partial charge is 0.309 e. The van der Waals surface area contributed by atoms with Gasteiger partial charge >= 0.3 is 5.97 Å². The number of hydrogen-bond donors (Lipinski definition) is 2. The zero-order valence-corrected chi connectivity index (χ0v) is 12.6. The minimum absolute atomic E-state index is 0.0237.